The van der Waals surface area contributed by atoms with Crippen molar-refractivity contribution in [1.29, 1.82) is 0 Å². The lowest BCUT2D eigenvalue weighted by Gasteiger charge is -2.54. The summed E-state index contributed by atoms with van der Waals surface area (Å²) < 4.78 is 0. The standard InChI is InChI=1S/C11H14N2/c1-2-9(6-12-3-1)10-4-11(5-10)7-13-8-11/h1-3,6,10,13H,4-5,7-8H2. The van der Waals surface area contributed by atoms with E-state index in [1.54, 1.807) is 0 Å². The summed E-state index contributed by atoms with van der Waals surface area (Å²) in [6.45, 7) is 2.48. The predicted octanol–water partition coefficient (Wildman–Crippen LogP) is 1.55. The van der Waals surface area contributed by atoms with Crippen molar-refractivity contribution < 1.29 is 0 Å². The average Bonchev–Trinajstić information content (AvgIpc) is 2.01. The van der Waals surface area contributed by atoms with Crippen LogP contribution >= 0.6 is 0 Å². The molecule has 0 radical (unpaired) electrons. The topological polar surface area (TPSA) is 24.9 Å². The van der Waals surface area contributed by atoms with E-state index >= 15 is 0 Å². The second-order valence-electron chi connectivity index (χ2n) is 4.50. The van der Waals surface area contributed by atoms with Crippen LogP contribution in [-0.4, -0.2) is 18.1 Å². The Hall–Kier alpha value is -0.890. The summed E-state index contributed by atoms with van der Waals surface area (Å²) in [5.74, 6) is 0.788. The second-order valence-corrected chi connectivity index (χ2v) is 4.50. The minimum atomic E-state index is 0.681. The van der Waals surface area contributed by atoms with E-state index in [1.165, 1.54) is 31.5 Å². The van der Waals surface area contributed by atoms with Crippen molar-refractivity contribution >= 4 is 0 Å². The second kappa shape index (κ2) is 2.55. The zero-order valence-electron chi connectivity index (χ0n) is 7.66. The summed E-state index contributed by atoms with van der Waals surface area (Å²) in [5.41, 5.74) is 2.11. The Morgan fingerprint density at radius 1 is 1.38 bits per heavy atom. The number of aromatic nitrogens is 1. The first kappa shape index (κ1) is 7.51. The number of pyridine rings is 1. The minimum absolute atomic E-state index is 0.681. The lowest BCUT2D eigenvalue weighted by molar-refractivity contribution is 0.0362. The molecular formula is C11H14N2. The number of nitrogens with zero attached hydrogens (tertiary/aromatic N) is 1. The molecule has 0 unspecified atom stereocenters. The summed E-state index contributed by atoms with van der Waals surface area (Å²) in [7, 11) is 0. The van der Waals surface area contributed by atoms with Crippen LogP contribution in [0.5, 0.6) is 0 Å². The highest BCUT2D eigenvalue weighted by atomic mass is 15.0. The first-order valence-electron chi connectivity index (χ1n) is 4.99. The number of hydrogen-bond donors (Lipinski definition) is 1. The van der Waals surface area contributed by atoms with Crippen molar-refractivity contribution in [3.63, 3.8) is 0 Å². The maximum Gasteiger partial charge on any atom is 0.0302 e. The third-order valence-electron chi connectivity index (χ3n) is 3.51. The quantitative estimate of drug-likeness (QED) is 0.698. The molecule has 1 aromatic heterocycles. The van der Waals surface area contributed by atoms with E-state index in [-0.39, 0.29) is 0 Å². The lowest BCUT2D eigenvalue weighted by atomic mass is 9.57. The Kier molecular flexibility index (Phi) is 1.47. The van der Waals surface area contributed by atoms with Gasteiger partial charge in [0.15, 0.2) is 0 Å². The Morgan fingerprint density at radius 3 is 2.77 bits per heavy atom. The fourth-order valence-electron chi connectivity index (χ4n) is 2.61. The monoisotopic (exact) mass is 174 g/mol. The molecule has 2 fully saturated rings. The van der Waals surface area contributed by atoms with Crippen LogP contribution in [0.4, 0.5) is 0 Å². The summed E-state index contributed by atoms with van der Waals surface area (Å²) in [6, 6.07) is 4.25. The first-order chi connectivity index (χ1) is 6.38. The van der Waals surface area contributed by atoms with Gasteiger partial charge in [0, 0.05) is 25.5 Å². The molecule has 1 aliphatic carbocycles. The van der Waals surface area contributed by atoms with Gasteiger partial charge in [-0.05, 0) is 35.8 Å². The molecule has 0 aromatic carbocycles. The highest BCUT2D eigenvalue weighted by molar-refractivity contribution is 5.22. The van der Waals surface area contributed by atoms with E-state index in [0.717, 1.165) is 5.92 Å². The Morgan fingerprint density at radius 2 is 2.23 bits per heavy atom. The van der Waals surface area contributed by atoms with Gasteiger partial charge in [-0.15, -0.1) is 0 Å². The normalized spacial score (nSPS) is 25.2. The van der Waals surface area contributed by atoms with Crippen molar-refractivity contribution in [3.8, 4) is 0 Å². The number of rotatable bonds is 1. The van der Waals surface area contributed by atoms with Crippen molar-refractivity contribution in [2.75, 3.05) is 13.1 Å². The van der Waals surface area contributed by atoms with E-state index in [0.29, 0.717) is 5.41 Å². The van der Waals surface area contributed by atoms with Crippen LogP contribution in [0.1, 0.15) is 24.3 Å². The lowest BCUT2D eigenvalue weighted by Crippen LogP contribution is -2.59. The molecule has 68 valence electrons. The number of hydrogen-bond acceptors (Lipinski definition) is 2. The molecule has 2 heterocycles. The number of nitrogens with one attached hydrogen (secondary N) is 1. The molecule has 1 aromatic rings. The molecule has 0 atom stereocenters. The molecule has 1 saturated carbocycles. The van der Waals surface area contributed by atoms with Gasteiger partial charge in [0.25, 0.3) is 0 Å². The van der Waals surface area contributed by atoms with Crippen LogP contribution in [-0.2, 0) is 0 Å². The molecule has 2 nitrogen and oxygen atoms in total. The molecule has 3 rings (SSSR count). The predicted molar refractivity (Wildman–Crippen MR) is 51.5 cm³/mol. The molecular weight excluding hydrogens is 160 g/mol. The van der Waals surface area contributed by atoms with Gasteiger partial charge in [-0.2, -0.15) is 0 Å². The molecule has 0 amide bonds. The first-order valence-corrected chi connectivity index (χ1v) is 4.99. The van der Waals surface area contributed by atoms with Gasteiger partial charge in [-0.3, -0.25) is 4.98 Å². The van der Waals surface area contributed by atoms with Gasteiger partial charge >= 0.3 is 0 Å². The minimum Gasteiger partial charge on any atom is -0.316 e. The van der Waals surface area contributed by atoms with Crippen LogP contribution in [0.15, 0.2) is 24.5 Å². The maximum absolute atomic E-state index is 4.16. The van der Waals surface area contributed by atoms with E-state index in [4.69, 9.17) is 0 Å². The van der Waals surface area contributed by atoms with Crippen LogP contribution in [0.25, 0.3) is 0 Å². The van der Waals surface area contributed by atoms with E-state index < -0.39 is 0 Å². The zero-order chi connectivity index (χ0) is 8.73. The molecule has 2 heteroatoms. The van der Waals surface area contributed by atoms with E-state index in [2.05, 4.69) is 16.4 Å². The van der Waals surface area contributed by atoms with Gasteiger partial charge in [-0.1, -0.05) is 6.07 Å². The van der Waals surface area contributed by atoms with Gasteiger partial charge in [-0.25, -0.2) is 0 Å². The molecule has 1 saturated heterocycles. The van der Waals surface area contributed by atoms with Crippen molar-refractivity contribution in [1.82, 2.24) is 10.3 Å². The van der Waals surface area contributed by atoms with Crippen LogP contribution in [0.3, 0.4) is 0 Å². The summed E-state index contributed by atoms with van der Waals surface area (Å²) >= 11 is 0. The van der Waals surface area contributed by atoms with Gasteiger partial charge in [0.1, 0.15) is 0 Å². The Labute approximate surface area is 78.4 Å². The Bertz CT molecular complexity index is 295. The van der Waals surface area contributed by atoms with Gasteiger partial charge in [0.05, 0.1) is 0 Å². The molecule has 0 bridgehead atoms. The average molecular weight is 174 g/mol. The third-order valence-corrected chi connectivity index (χ3v) is 3.51. The molecule has 13 heavy (non-hydrogen) atoms. The maximum atomic E-state index is 4.16. The van der Waals surface area contributed by atoms with Gasteiger partial charge in [0.2, 0.25) is 0 Å². The smallest absolute Gasteiger partial charge is 0.0302 e. The van der Waals surface area contributed by atoms with Crippen molar-refractivity contribution in [2.45, 2.75) is 18.8 Å². The summed E-state index contributed by atoms with van der Waals surface area (Å²) in [5, 5.41) is 3.36. The molecule has 1 N–H and O–H groups in total. The highest BCUT2D eigenvalue weighted by Crippen LogP contribution is 2.52. The summed E-state index contributed by atoms with van der Waals surface area (Å²) in [4.78, 5) is 4.16. The molecule has 2 aliphatic rings. The van der Waals surface area contributed by atoms with Gasteiger partial charge < -0.3 is 5.32 Å². The van der Waals surface area contributed by atoms with Crippen molar-refractivity contribution in [3.05, 3.63) is 30.1 Å². The zero-order valence-corrected chi connectivity index (χ0v) is 7.66. The Balaban J connectivity index is 1.71. The fourth-order valence-corrected chi connectivity index (χ4v) is 2.61. The largest absolute Gasteiger partial charge is 0.316 e. The van der Waals surface area contributed by atoms with Crippen molar-refractivity contribution in [2.24, 2.45) is 5.41 Å². The molecule has 1 aliphatic heterocycles. The SMILES string of the molecule is c1cncc(C2CC3(CNC3)C2)c1. The highest BCUT2D eigenvalue weighted by Gasteiger charge is 2.48. The summed E-state index contributed by atoms with van der Waals surface area (Å²) in [6.07, 6.45) is 6.60. The van der Waals surface area contributed by atoms with Crippen LogP contribution in [0.2, 0.25) is 0 Å². The van der Waals surface area contributed by atoms with Crippen LogP contribution < -0.4 is 5.32 Å². The third kappa shape index (κ3) is 1.09. The molecule has 1 spiro atoms. The van der Waals surface area contributed by atoms with Crippen LogP contribution in [0, 0.1) is 5.41 Å². The van der Waals surface area contributed by atoms with E-state index in [9.17, 15) is 0 Å². The fraction of sp³-hybridized carbons (Fsp3) is 0.545. The van der Waals surface area contributed by atoms with E-state index in [1.807, 2.05) is 18.5 Å².